The molecule has 0 bridgehead atoms. The quantitative estimate of drug-likeness (QED) is 0.877. The van der Waals surface area contributed by atoms with E-state index in [-0.39, 0.29) is 11.5 Å². The van der Waals surface area contributed by atoms with E-state index in [2.05, 4.69) is 0 Å². The van der Waals surface area contributed by atoms with Crippen molar-refractivity contribution in [2.45, 2.75) is 6.54 Å². The van der Waals surface area contributed by atoms with Gasteiger partial charge in [0.05, 0.1) is 46.0 Å². The van der Waals surface area contributed by atoms with E-state index < -0.39 is 5.82 Å². The second-order valence-electron chi connectivity index (χ2n) is 6.39. The van der Waals surface area contributed by atoms with Crippen molar-refractivity contribution in [3.8, 4) is 11.5 Å². The Morgan fingerprint density at radius 1 is 1.08 bits per heavy atom. The Kier molecular flexibility index (Phi) is 5.73. The van der Waals surface area contributed by atoms with Gasteiger partial charge in [-0.05, 0) is 30.3 Å². The molecule has 3 rings (SSSR count). The van der Waals surface area contributed by atoms with Crippen LogP contribution in [0.2, 0.25) is 0 Å². The molecule has 0 unspecified atom stereocenters. The summed E-state index contributed by atoms with van der Waals surface area (Å²) in [6.45, 7) is 3.75. The summed E-state index contributed by atoms with van der Waals surface area (Å²) >= 11 is 0. The van der Waals surface area contributed by atoms with E-state index in [0.29, 0.717) is 18.8 Å². The van der Waals surface area contributed by atoms with Gasteiger partial charge >= 0.3 is 0 Å². The number of nitrogens with one attached hydrogen (secondary N) is 1. The van der Waals surface area contributed by atoms with Crippen LogP contribution in [0.1, 0.15) is 15.9 Å². The SMILES string of the molecule is COc1ccc(C[NH+]2CCN(C(=O)c3ccccc3F)CC2)cc1OC. The van der Waals surface area contributed by atoms with Crippen LogP contribution < -0.4 is 14.4 Å². The number of hydrogen-bond donors (Lipinski definition) is 1. The Morgan fingerprint density at radius 2 is 1.77 bits per heavy atom. The van der Waals surface area contributed by atoms with E-state index in [9.17, 15) is 9.18 Å². The highest BCUT2D eigenvalue weighted by Crippen LogP contribution is 2.27. The third-order valence-electron chi connectivity index (χ3n) is 4.76. The number of nitrogens with zero attached hydrogens (tertiary/aromatic N) is 1. The first-order valence-corrected chi connectivity index (χ1v) is 8.70. The fraction of sp³-hybridized carbons (Fsp3) is 0.350. The van der Waals surface area contributed by atoms with Crippen LogP contribution >= 0.6 is 0 Å². The highest BCUT2D eigenvalue weighted by molar-refractivity contribution is 5.94. The molecule has 1 fully saturated rings. The van der Waals surface area contributed by atoms with Crippen LogP contribution in [0.25, 0.3) is 0 Å². The van der Waals surface area contributed by atoms with Gasteiger partial charge in [0, 0.05) is 5.56 Å². The lowest BCUT2D eigenvalue weighted by atomic mass is 10.1. The van der Waals surface area contributed by atoms with Crippen LogP contribution in [0.15, 0.2) is 42.5 Å². The maximum Gasteiger partial charge on any atom is 0.257 e. The summed E-state index contributed by atoms with van der Waals surface area (Å²) in [6, 6.07) is 12.1. The fourth-order valence-corrected chi connectivity index (χ4v) is 3.29. The highest BCUT2D eigenvalue weighted by Gasteiger charge is 2.26. The van der Waals surface area contributed by atoms with Gasteiger partial charge in [0.1, 0.15) is 12.4 Å². The van der Waals surface area contributed by atoms with Crippen molar-refractivity contribution < 1.29 is 23.6 Å². The molecule has 5 nitrogen and oxygen atoms in total. The third-order valence-corrected chi connectivity index (χ3v) is 4.76. The van der Waals surface area contributed by atoms with Crippen molar-refractivity contribution in [2.75, 3.05) is 40.4 Å². The Morgan fingerprint density at radius 3 is 2.42 bits per heavy atom. The molecule has 0 spiro atoms. The zero-order chi connectivity index (χ0) is 18.5. The second-order valence-corrected chi connectivity index (χ2v) is 6.39. The smallest absolute Gasteiger partial charge is 0.257 e. The summed E-state index contributed by atoms with van der Waals surface area (Å²) in [7, 11) is 3.25. The van der Waals surface area contributed by atoms with Crippen LogP contribution in [-0.4, -0.2) is 51.2 Å². The van der Waals surface area contributed by atoms with E-state index in [4.69, 9.17) is 9.47 Å². The molecule has 1 amide bonds. The third kappa shape index (κ3) is 3.96. The molecule has 138 valence electrons. The molecule has 0 aromatic heterocycles. The maximum absolute atomic E-state index is 13.8. The molecule has 1 heterocycles. The predicted molar refractivity (Wildman–Crippen MR) is 96.3 cm³/mol. The number of quaternary nitrogens is 1. The van der Waals surface area contributed by atoms with Crippen molar-refractivity contribution in [1.29, 1.82) is 0 Å². The fourth-order valence-electron chi connectivity index (χ4n) is 3.29. The summed E-state index contributed by atoms with van der Waals surface area (Å²) in [5.74, 6) is 0.746. The lowest BCUT2D eigenvalue weighted by Crippen LogP contribution is -3.13. The molecule has 2 aromatic carbocycles. The van der Waals surface area contributed by atoms with Gasteiger partial charge in [-0.3, -0.25) is 4.79 Å². The largest absolute Gasteiger partial charge is 0.493 e. The van der Waals surface area contributed by atoms with Gasteiger partial charge in [-0.2, -0.15) is 0 Å². The normalized spacial score (nSPS) is 15.0. The average Bonchev–Trinajstić information content (AvgIpc) is 2.68. The number of carbonyl (C=O) groups excluding carboxylic acids is 1. The van der Waals surface area contributed by atoms with Gasteiger partial charge in [0.25, 0.3) is 5.91 Å². The summed E-state index contributed by atoms with van der Waals surface area (Å²) in [5.41, 5.74) is 1.31. The number of ether oxygens (including phenoxy) is 2. The number of halogens is 1. The molecule has 6 heteroatoms. The zero-order valence-corrected chi connectivity index (χ0v) is 15.1. The number of piperazine rings is 1. The van der Waals surface area contributed by atoms with Crippen molar-refractivity contribution in [2.24, 2.45) is 0 Å². The first-order valence-electron chi connectivity index (χ1n) is 8.70. The van der Waals surface area contributed by atoms with E-state index in [1.165, 1.54) is 11.0 Å². The van der Waals surface area contributed by atoms with Crippen LogP contribution in [-0.2, 0) is 6.54 Å². The first-order chi connectivity index (χ1) is 12.6. The van der Waals surface area contributed by atoms with Crippen LogP contribution in [0.5, 0.6) is 11.5 Å². The zero-order valence-electron chi connectivity index (χ0n) is 15.1. The van der Waals surface area contributed by atoms with Gasteiger partial charge in [0.2, 0.25) is 0 Å². The summed E-state index contributed by atoms with van der Waals surface area (Å²) in [4.78, 5) is 15.6. The molecule has 1 saturated heterocycles. The van der Waals surface area contributed by atoms with Gasteiger partial charge in [-0.15, -0.1) is 0 Å². The molecule has 0 radical (unpaired) electrons. The lowest BCUT2D eigenvalue weighted by Gasteiger charge is -2.32. The lowest BCUT2D eigenvalue weighted by molar-refractivity contribution is -0.917. The number of methoxy groups -OCH3 is 2. The minimum Gasteiger partial charge on any atom is -0.493 e. The molecule has 0 aliphatic carbocycles. The summed E-state index contributed by atoms with van der Waals surface area (Å²) in [5, 5.41) is 0. The topological polar surface area (TPSA) is 43.2 Å². The van der Waals surface area contributed by atoms with Crippen molar-refractivity contribution in [3.63, 3.8) is 0 Å². The Balaban J connectivity index is 1.59. The van der Waals surface area contributed by atoms with Gasteiger partial charge in [-0.1, -0.05) is 12.1 Å². The van der Waals surface area contributed by atoms with Crippen LogP contribution in [0.3, 0.4) is 0 Å². The van der Waals surface area contributed by atoms with Crippen LogP contribution in [0, 0.1) is 5.82 Å². The molecule has 0 saturated carbocycles. The number of amides is 1. The molecular formula is C20H24FN2O3+. The molecule has 1 N–H and O–H groups in total. The van der Waals surface area contributed by atoms with E-state index in [1.54, 1.807) is 37.3 Å². The summed E-state index contributed by atoms with van der Waals surface area (Å²) in [6.07, 6.45) is 0. The number of carbonyl (C=O) groups is 1. The Bertz CT molecular complexity index is 773. The van der Waals surface area contributed by atoms with Gasteiger partial charge in [0.15, 0.2) is 11.5 Å². The standard InChI is InChI=1S/C20H23FN2O3/c1-25-18-8-7-15(13-19(18)26-2)14-22-9-11-23(12-10-22)20(24)16-5-3-4-6-17(16)21/h3-8,13H,9-12,14H2,1-2H3/p+1. The van der Waals surface area contributed by atoms with E-state index in [0.717, 1.165) is 30.9 Å². The van der Waals surface area contributed by atoms with Crippen molar-refractivity contribution in [1.82, 2.24) is 4.90 Å². The first kappa shape index (κ1) is 18.2. The monoisotopic (exact) mass is 359 g/mol. The van der Waals surface area contributed by atoms with Gasteiger partial charge < -0.3 is 19.3 Å². The summed E-state index contributed by atoms with van der Waals surface area (Å²) < 4.78 is 24.4. The highest BCUT2D eigenvalue weighted by atomic mass is 19.1. The average molecular weight is 359 g/mol. The molecular weight excluding hydrogens is 335 g/mol. The van der Waals surface area contributed by atoms with Crippen molar-refractivity contribution in [3.05, 3.63) is 59.4 Å². The van der Waals surface area contributed by atoms with E-state index >= 15 is 0 Å². The van der Waals surface area contributed by atoms with Crippen molar-refractivity contribution >= 4 is 5.91 Å². The maximum atomic E-state index is 13.8. The molecule has 1 aliphatic heterocycles. The Hall–Kier alpha value is -2.60. The molecule has 0 atom stereocenters. The minimum absolute atomic E-state index is 0.149. The molecule has 1 aliphatic rings. The molecule has 2 aromatic rings. The number of rotatable bonds is 5. The predicted octanol–water partition coefficient (Wildman–Crippen LogP) is 1.38. The minimum atomic E-state index is -0.461. The van der Waals surface area contributed by atoms with E-state index in [1.807, 2.05) is 18.2 Å². The van der Waals surface area contributed by atoms with Gasteiger partial charge in [-0.25, -0.2) is 4.39 Å². The Labute approximate surface area is 152 Å². The number of benzene rings is 2. The number of hydrogen-bond acceptors (Lipinski definition) is 3. The molecule has 26 heavy (non-hydrogen) atoms. The second kappa shape index (κ2) is 8.19. The van der Waals surface area contributed by atoms with Crippen LogP contribution in [0.4, 0.5) is 4.39 Å².